The van der Waals surface area contributed by atoms with Crippen LogP contribution in [0.15, 0.2) is 24.3 Å². The summed E-state index contributed by atoms with van der Waals surface area (Å²) in [5.41, 5.74) is 7.02. The predicted octanol–water partition coefficient (Wildman–Crippen LogP) is 1.95. The van der Waals surface area contributed by atoms with E-state index in [1.165, 1.54) is 0 Å². The van der Waals surface area contributed by atoms with Gasteiger partial charge in [-0.25, -0.2) is 0 Å². The number of carbonyl (C=O) groups is 2. The number of rotatable bonds is 8. The molecule has 0 aromatic heterocycles. The number of hydrogen-bond donors (Lipinski definition) is 2. The highest BCUT2D eigenvalue weighted by Crippen LogP contribution is 2.08. The third kappa shape index (κ3) is 6.45. The molecule has 0 radical (unpaired) electrons. The Morgan fingerprint density at radius 1 is 1.14 bits per heavy atom. The number of amides is 2. The van der Waals surface area contributed by atoms with E-state index < -0.39 is 0 Å². The normalized spacial score (nSPS) is 9.77. The molecular weight excluding hydrogens is 302 g/mol. The monoisotopic (exact) mass is 327 g/mol. The summed E-state index contributed by atoms with van der Waals surface area (Å²) in [5, 5.41) is 2.84. The van der Waals surface area contributed by atoms with Gasteiger partial charge in [0.15, 0.2) is 0 Å². The van der Waals surface area contributed by atoms with E-state index in [2.05, 4.69) is 5.32 Å². The Labute approximate surface area is 138 Å². The van der Waals surface area contributed by atoms with Gasteiger partial charge in [-0.2, -0.15) is 0 Å². The number of carbonyl (C=O) groups excluding carboxylic acids is 2. The summed E-state index contributed by atoms with van der Waals surface area (Å²) in [7, 11) is 0. The summed E-state index contributed by atoms with van der Waals surface area (Å²) in [5.74, 6) is 0.0438. The second-order valence-electron chi connectivity index (χ2n) is 4.84. The van der Waals surface area contributed by atoms with Crippen molar-refractivity contribution in [1.29, 1.82) is 0 Å². The van der Waals surface area contributed by atoms with Crippen LogP contribution in [0.4, 0.5) is 0 Å². The zero-order valence-corrected chi connectivity index (χ0v) is 14.1. The minimum atomic E-state index is 0. The molecule has 1 aromatic rings. The van der Waals surface area contributed by atoms with E-state index in [-0.39, 0.29) is 24.2 Å². The Morgan fingerprint density at radius 2 is 1.73 bits per heavy atom. The van der Waals surface area contributed by atoms with Crippen LogP contribution in [0.2, 0.25) is 0 Å². The SMILES string of the molecule is CCN(CC)C(=O)c1ccc(CNC(=O)CCCN)cc1.Cl. The highest BCUT2D eigenvalue weighted by molar-refractivity contribution is 5.94. The highest BCUT2D eigenvalue weighted by Gasteiger charge is 2.11. The van der Waals surface area contributed by atoms with E-state index in [0.717, 1.165) is 5.56 Å². The molecule has 0 bridgehead atoms. The van der Waals surface area contributed by atoms with Crippen molar-refractivity contribution in [3.63, 3.8) is 0 Å². The fourth-order valence-corrected chi connectivity index (χ4v) is 2.01. The van der Waals surface area contributed by atoms with Gasteiger partial charge in [0.2, 0.25) is 5.91 Å². The average molecular weight is 328 g/mol. The van der Waals surface area contributed by atoms with E-state index in [4.69, 9.17) is 5.73 Å². The molecule has 22 heavy (non-hydrogen) atoms. The number of halogens is 1. The van der Waals surface area contributed by atoms with Crippen LogP contribution in [0, 0.1) is 0 Å². The third-order valence-electron chi connectivity index (χ3n) is 3.35. The smallest absolute Gasteiger partial charge is 0.253 e. The molecule has 0 fully saturated rings. The standard InChI is InChI=1S/C16H25N3O2.ClH/c1-3-19(4-2)16(21)14-9-7-13(8-10-14)12-18-15(20)6-5-11-17;/h7-10H,3-6,11-12,17H2,1-2H3,(H,18,20);1H. The lowest BCUT2D eigenvalue weighted by Gasteiger charge is -2.18. The van der Waals surface area contributed by atoms with Gasteiger partial charge in [-0.1, -0.05) is 12.1 Å². The summed E-state index contributed by atoms with van der Waals surface area (Å²) in [4.78, 5) is 25.4. The first-order valence-electron chi connectivity index (χ1n) is 7.47. The van der Waals surface area contributed by atoms with E-state index in [1.54, 1.807) is 4.90 Å². The van der Waals surface area contributed by atoms with Crippen LogP contribution in [0.5, 0.6) is 0 Å². The van der Waals surface area contributed by atoms with Gasteiger partial charge in [-0.3, -0.25) is 9.59 Å². The van der Waals surface area contributed by atoms with Crippen molar-refractivity contribution in [3.05, 3.63) is 35.4 Å². The Hall–Kier alpha value is -1.59. The first-order valence-corrected chi connectivity index (χ1v) is 7.47. The number of benzene rings is 1. The van der Waals surface area contributed by atoms with Gasteiger partial charge in [0.1, 0.15) is 0 Å². The van der Waals surface area contributed by atoms with Crippen molar-refractivity contribution in [3.8, 4) is 0 Å². The van der Waals surface area contributed by atoms with Crippen LogP contribution < -0.4 is 11.1 Å². The molecule has 1 aromatic carbocycles. The molecule has 0 unspecified atom stereocenters. The molecule has 3 N–H and O–H groups in total. The lowest BCUT2D eigenvalue weighted by molar-refractivity contribution is -0.121. The van der Waals surface area contributed by atoms with Crippen LogP contribution >= 0.6 is 12.4 Å². The van der Waals surface area contributed by atoms with Gasteiger partial charge in [0, 0.05) is 31.6 Å². The van der Waals surface area contributed by atoms with Crippen LogP contribution in [-0.4, -0.2) is 36.3 Å². The summed E-state index contributed by atoms with van der Waals surface area (Å²) in [6.07, 6.45) is 1.15. The Morgan fingerprint density at radius 3 is 2.23 bits per heavy atom. The molecule has 0 aliphatic rings. The molecular formula is C16H26ClN3O2. The topological polar surface area (TPSA) is 75.4 Å². The van der Waals surface area contributed by atoms with Gasteiger partial charge >= 0.3 is 0 Å². The molecule has 0 saturated heterocycles. The third-order valence-corrected chi connectivity index (χ3v) is 3.35. The lowest BCUT2D eigenvalue weighted by Crippen LogP contribution is -2.30. The second kappa shape index (κ2) is 11.0. The molecule has 0 saturated carbocycles. The maximum absolute atomic E-state index is 12.1. The molecule has 5 nitrogen and oxygen atoms in total. The molecule has 0 aliphatic carbocycles. The van der Waals surface area contributed by atoms with Gasteiger partial charge in [0.05, 0.1) is 0 Å². The maximum atomic E-state index is 12.1. The lowest BCUT2D eigenvalue weighted by atomic mass is 10.1. The van der Waals surface area contributed by atoms with E-state index >= 15 is 0 Å². The molecule has 0 spiro atoms. The zero-order valence-electron chi connectivity index (χ0n) is 13.3. The fraction of sp³-hybridized carbons (Fsp3) is 0.500. The maximum Gasteiger partial charge on any atom is 0.253 e. The quantitative estimate of drug-likeness (QED) is 0.766. The molecule has 6 heteroatoms. The van der Waals surface area contributed by atoms with Crippen molar-refractivity contribution in [2.75, 3.05) is 19.6 Å². The minimum absolute atomic E-state index is 0. The molecule has 2 amide bonds. The van der Waals surface area contributed by atoms with E-state index in [0.29, 0.717) is 44.6 Å². The van der Waals surface area contributed by atoms with Crippen molar-refractivity contribution in [2.24, 2.45) is 5.73 Å². The average Bonchev–Trinajstić information content (AvgIpc) is 2.52. The summed E-state index contributed by atoms with van der Waals surface area (Å²) >= 11 is 0. The first kappa shape index (κ1) is 20.4. The Bertz CT molecular complexity index is 459. The fourth-order valence-electron chi connectivity index (χ4n) is 2.01. The van der Waals surface area contributed by atoms with Gasteiger partial charge in [0.25, 0.3) is 5.91 Å². The summed E-state index contributed by atoms with van der Waals surface area (Å²) < 4.78 is 0. The Balaban J connectivity index is 0.00000441. The van der Waals surface area contributed by atoms with Crippen LogP contribution in [0.3, 0.4) is 0 Å². The second-order valence-corrected chi connectivity index (χ2v) is 4.84. The van der Waals surface area contributed by atoms with Crippen molar-refractivity contribution in [2.45, 2.75) is 33.2 Å². The first-order chi connectivity index (χ1) is 10.1. The van der Waals surface area contributed by atoms with Gasteiger partial charge in [-0.15, -0.1) is 12.4 Å². The number of nitrogens with two attached hydrogens (primary N) is 1. The van der Waals surface area contributed by atoms with Gasteiger partial charge in [-0.05, 0) is 44.5 Å². The van der Waals surface area contributed by atoms with Crippen LogP contribution in [-0.2, 0) is 11.3 Å². The van der Waals surface area contributed by atoms with Crippen molar-refractivity contribution in [1.82, 2.24) is 10.2 Å². The molecule has 0 heterocycles. The van der Waals surface area contributed by atoms with Crippen LogP contribution in [0.1, 0.15) is 42.6 Å². The highest BCUT2D eigenvalue weighted by atomic mass is 35.5. The number of nitrogens with one attached hydrogen (secondary N) is 1. The predicted molar refractivity (Wildman–Crippen MR) is 91.1 cm³/mol. The Kier molecular flexibility index (Phi) is 10.2. The van der Waals surface area contributed by atoms with E-state index in [1.807, 2.05) is 38.1 Å². The summed E-state index contributed by atoms with van der Waals surface area (Å²) in [6, 6.07) is 7.37. The zero-order chi connectivity index (χ0) is 15.7. The van der Waals surface area contributed by atoms with E-state index in [9.17, 15) is 9.59 Å². The largest absolute Gasteiger partial charge is 0.352 e. The van der Waals surface area contributed by atoms with Crippen molar-refractivity contribution < 1.29 is 9.59 Å². The van der Waals surface area contributed by atoms with Crippen LogP contribution in [0.25, 0.3) is 0 Å². The minimum Gasteiger partial charge on any atom is -0.352 e. The van der Waals surface area contributed by atoms with Crippen molar-refractivity contribution >= 4 is 24.2 Å². The molecule has 124 valence electrons. The molecule has 0 aliphatic heterocycles. The van der Waals surface area contributed by atoms with Gasteiger partial charge < -0.3 is 16.0 Å². The number of nitrogens with zero attached hydrogens (tertiary/aromatic N) is 1. The number of hydrogen-bond acceptors (Lipinski definition) is 3. The molecule has 1 rings (SSSR count). The summed E-state index contributed by atoms with van der Waals surface area (Å²) in [6.45, 7) is 6.33. The molecule has 0 atom stereocenters.